The molecule has 0 saturated carbocycles. The Morgan fingerprint density at radius 2 is 1.94 bits per heavy atom. The van der Waals surface area contributed by atoms with E-state index in [0.29, 0.717) is 5.56 Å². The van der Waals surface area contributed by atoms with Crippen LogP contribution < -0.4 is 0 Å². The van der Waals surface area contributed by atoms with Gasteiger partial charge in [0.1, 0.15) is 5.82 Å². The van der Waals surface area contributed by atoms with Gasteiger partial charge < -0.3 is 0 Å². The monoisotopic (exact) mass is 332 g/mol. The summed E-state index contributed by atoms with van der Waals surface area (Å²) < 4.78 is 14.3. The molecule has 1 unspecified atom stereocenters. The Morgan fingerprint density at radius 1 is 1.24 bits per heavy atom. The van der Waals surface area contributed by atoms with Crippen molar-refractivity contribution in [3.05, 3.63) is 56.0 Å². The Balaban J connectivity index is 2.36. The largest absolute Gasteiger partial charge is 0.207 e. The lowest BCUT2D eigenvalue weighted by atomic mass is 10.1. The maximum Gasteiger partial charge on any atom is 0.126 e. The Hall–Kier alpha value is -0.380. The van der Waals surface area contributed by atoms with Crippen molar-refractivity contribution in [2.75, 3.05) is 0 Å². The lowest BCUT2D eigenvalue weighted by Crippen LogP contribution is -1.92. The van der Waals surface area contributed by atoms with Gasteiger partial charge in [0.05, 0.1) is 9.16 Å². The summed E-state index contributed by atoms with van der Waals surface area (Å²) in [6.07, 6.45) is 0. The average Bonchev–Trinajstić information content (AvgIpc) is 2.62. The summed E-state index contributed by atoms with van der Waals surface area (Å²) in [6.45, 7) is 3.73. The molecule has 1 atom stereocenters. The Labute approximate surface area is 118 Å². The molecule has 17 heavy (non-hydrogen) atoms. The van der Waals surface area contributed by atoms with Crippen LogP contribution in [-0.2, 0) is 0 Å². The van der Waals surface area contributed by atoms with Gasteiger partial charge in [-0.15, -0.1) is 11.3 Å². The van der Waals surface area contributed by atoms with E-state index in [9.17, 15) is 4.39 Å². The summed E-state index contributed by atoms with van der Waals surface area (Å²) >= 11 is 11.1. The lowest BCUT2D eigenvalue weighted by molar-refractivity contribution is 0.616. The van der Waals surface area contributed by atoms with E-state index in [0.717, 1.165) is 20.3 Å². The van der Waals surface area contributed by atoms with Crippen molar-refractivity contribution in [1.29, 1.82) is 0 Å². The van der Waals surface area contributed by atoms with E-state index in [1.807, 2.05) is 19.1 Å². The van der Waals surface area contributed by atoms with Crippen molar-refractivity contribution >= 4 is 38.9 Å². The number of benzene rings is 1. The molecule has 2 rings (SSSR count). The van der Waals surface area contributed by atoms with Crippen molar-refractivity contribution in [3.63, 3.8) is 0 Å². The first-order chi connectivity index (χ1) is 7.99. The molecule has 1 aromatic carbocycles. The van der Waals surface area contributed by atoms with Crippen LogP contribution in [0.5, 0.6) is 0 Å². The zero-order chi connectivity index (χ0) is 12.6. The SMILES string of the molecule is Cc1ccc(C(Br)c2cc(C)c(Cl)s2)cc1F. The first kappa shape index (κ1) is 13.1. The normalized spacial score (nSPS) is 12.8. The summed E-state index contributed by atoms with van der Waals surface area (Å²) in [6, 6.07) is 7.32. The summed E-state index contributed by atoms with van der Waals surface area (Å²) in [4.78, 5) is 1.09. The number of alkyl halides is 1. The third-order valence-corrected chi connectivity index (χ3v) is 5.56. The molecule has 1 aromatic heterocycles. The highest BCUT2D eigenvalue weighted by Gasteiger charge is 2.15. The van der Waals surface area contributed by atoms with E-state index in [2.05, 4.69) is 15.9 Å². The van der Waals surface area contributed by atoms with E-state index in [1.165, 1.54) is 11.3 Å². The molecular formula is C13H11BrClFS. The predicted molar refractivity (Wildman–Crippen MR) is 76.0 cm³/mol. The highest BCUT2D eigenvalue weighted by atomic mass is 79.9. The third kappa shape index (κ3) is 2.72. The van der Waals surface area contributed by atoms with Crippen molar-refractivity contribution < 1.29 is 4.39 Å². The predicted octanol–water partition coefficient (Wildman–Crippen LogP) is 5.64. The Morgan fingerprint density at radius 3 is 2.47 bits per heavy atom. The maximum absolute atomic E-state index is 13.5. The van der Waals surface area contributed by atoms with Gasteiger partial charge in [-0.3, -0.25) is 0 Å². The summed E-state index contributed by atoms with van der Waals surface area (Å²) in [7, 11) is 0. The second-order valence-electron chi connectivity index (χ2n) is 3.98. The van der Waals surface area contributed by atoms with Crippen LogP contribution in [0.4, 0.5) is 4.39 Å². The highest BCUT2D eigenvalue weighted by molar-refractivity contribution is 9.09. The number of thiophene rings is 1. The maximum atomic E-state index is 13.5. The molecule has 0 radical (unpaired) electrons. The molecule has 0 bridgehead atoms. The fourth-order valence-electron chi connectivity index (χ4n) is 1.54. The minimum Gasteiger partial charge on any atom is -0.207 e. The minimum atomic E-state index is -0.175. The number of hydrogen-bond donors (Lipinski definition) is 0. The average molecular weight is 334 g/mol. The Bertz CT molecular complexity index is 531. The minimum absolute atomic E-state index is 0.00574. The van der Waals surface area contributed by atoms with E-state index in [1.54, 1.807) is 19.1 Å². The summed E-state index contributed by atoms with van der Waals surface area (Å²) in [5.41, 5.74) is 2.63. The van der Waals surface area contributed by atoms with Crippen LogP contribution in [-0.4, -0.2) is 0 Å². The van der Waals surface area contributed by atoms with Gasteiger partial charge in [-0.2, -0.15) is 0 Å². The molecule has 90 valence electrons. The van der Waals surface area contributed by atoms with E-state index in [-0.39, 0.29) is 10.6 Å². The molecule has 2 aromatic rings. The van der Waals surface area contributed by atoms with Gasteiger partial charge in [0.25, 0.3) is 0 Å². The lowest BCUT2D eigenvalue weighted by Gasteiger charge is -2.09. The summed E-state index contributed by atoms with van der Waals surface area (Å²) in [5.74, 6) is -0.175. The van der Waals surface area contributed by atoms with Crippen molar-refractivity contribution in [1.82, 2.24) is 0 Å². The van der Waals surface area contributed by atoms with E-state index < -0.39 is 0 Å². The highest BCUT2D eigenvalue weighted by Crippen LogP contribution is 2.39. The molecule has 0 aliphatic heterocycles. The quantitative estimate of drug-likeness (QED) is 0.624. The molecule has 0 amide bonds. The van der Waals surface area contributed by atoms with E-state index >= 15 is 0 Å². The molecule has 0 N–H and O–H groups in total. The number of rotatable bonds is 2. The third-order valence-electron chi connectivity index (χ3n) is 2.61. The molecule has 0 aliphatic rings. The topological polar surface area (TPSA) is 0 Å². The second-order valence-corrected chi connectivity index (χ2v) is 6.58. The fourth-order valence-corrected chi connectivity index (χ4v) is 3.46. The summed E-state index contributed by atoms with van der Waals surface area (Å²) in [5, 5.41) is 0. The Kier molecular flexibility index (Phi) is 3.91. The molecule has 0 saturated heterocycles. The van der Waals surface area contributed by atoms with Crippen LogP contribution in [0.15, 0.2) is 24.3 Å². The number of halogens is 3. The van der Waals surface area contributed by atoms with Gasteiger partial charge in [0.15, 0.2) is 0 Å². The molecule has 0 nitrogen and oxygen atoms in total. The van der Waals surface area contributed by atoms with Crippen molar-refractivity contribution in [2.45, 2.75) is 18.7 Å². The van der Waals surface area contributed by atoms with Crippen LogP contribution >= 0.6 is 38.9 Å². The zero-order valence-electron chi connectivity index (χ0n) is 9.43. The second kappa shape index (κ2) is 5.09. The first-order valence-electron chi connectivity index (χ1n) is 5.15. The van der Waals surface area contributed by atoms with Crippen LogP contribution in [0.25, 0.3) is 0 Å². The number of aryl methyl sites for hydroxylation is 2. The molecule has 1 heterocycles. The molecule has 4 heteroatoms. The van der Waals surface area contributed by atoms with Crippen LogP contribution in [0.1, 0.15) is 26.4 Å². The van der Waals surface area contributed by atoms with Gasteiger partial charge in [0.2, 0.25) is 0 Å². The van der Waals surface area contributed by atoms with Gasteiger partial charge in [-0.1, -0.05) is 39.7 Å². The standard InChI is InChI=1S/C13H11BrClFS/c1-7-3-4-9(6-10(7)16)12(14)11-5-8(2)13(15)17-11/h3-6,12H,1-2H3. The molecule has 0 fully saturated rings. The van der Waals surface area contributed by atoms with Crippen LogP contribution in [0, 0.1) is 19.7 Å². The van der Waals surface area contributed by atoms with Gasteiger partial charge in [-0.05, 0) is 42.7 Å². The van der Waals surface area contributed by atoms with Crippen LogP contribution in [0.3, 0.4) is 0 Å². The molecule has 0 spiro atoms. The van der Waals surface area contributed by atoms with Crippen molar-refractivity contribution in [2.24, 2.45) is 0 Å². The van der Waals surface area contributed by atoms with E-state index in [4.69, 9.17) is 11.6 Å². The number of hydrogen-bond acceptors (Lipinski definition) is 1. The van der Waals surface area contributed by atoms with Crippen molar-refractivity contribution in [3.8, 4) is 0 Å². The van der Waals surface area contributed by atoms with Gasteiger partial charge >= 0.3 is 0 Å². The fraction of sp³-hybridized carbons (Fsp3) is 0.231. The molecule has 0 aliphatic carbocycles. The smallest absolute Gasteiger partial charge is 0.126 e. The van der Waals surface area contributed by atoms with Crippen LogP contribution in [0.2, 0.25) is 4.34 Å². The van der Waals surface area contributed by atoms with Gasteiger partial charge in [0, 0.05) is 4.88 Å². The molecular weight excluding hydrogens is 323 g/mol. The zero-order valence-corrected chi connectivity index (χ0v) is 12.6. The first-order valence-corrected chi connectivity index (χ1v) is 7.26. The van der Waals surface area contributed by atoms with Gasteiger partial charge in [-0.25, -0.2) is 4.39 Å².